The van der Waals surface area contributed by atoms with Crippen molar-refractivity contribution in [2.24, 2.45) is 5.92 Å². The highest BCUT2D eigenvalue weighted by atomic mass is 16.4. The summed E-state index contributed by atoms with van der Waals surface area (Å²) in [5.74, 6) is -1.41. The SMILES string of the molecule is CCN(C)C(=O)C(C)NC(=O)NCCCC(C)C(=O)O. The predicted octanol–water partition coefficient (Wildman–Crippen LogP) is 0.653. The maximum absolute atomic E-state index is 11.7. The molecule has 3 N–H and O–H groups in total. The zero-order valence-electron chi connectivity index (χ0n) is 12.6. The van der Waals surface area contributed by atoms with E-state index in [0.717, 1.165) is 0 Å². The van der Waals surface area contributed by atoms with Crippen LogP contribution >= 0.6 is 0 Å². The monoisotopic (exact) mass is 287 g/mol. The lowest BCUT2D eigenvalue weighted by molar-refractivity contribution is -0.141. The number of nitrogens with zero attached hydrogens (tertiary/aromatic N) is 1. The molecule has 0 aliphatic carbocycles. The van der Waals surface area contributed by atoms with Crippen LogP contribution in [0.15, 0.2) is 0 Å². The molecule has 116 valence electrons. The summed E-state index contributed by atoms with van der Waals surface area (Å²) >= 11 is 0. The molecule has 0 saturated carbocycles. The quantitative estimate of drug-likeness (QED) is 0.571. The number of hydrogen-bond acceptors (Lipinski definition) is 3. The van der Waals surface area contributed by atoms with Crippen LogP contribution in [-0.2, 0) is 9.59 Å². The molecule has 0 heterocycles. The molecule has 2 unspecified atom stereocenters. The van der Waals surface area contributed by atoms with Crippen LogP contribution < -0.4 is 10.6 Å². The molecule has 20 heavy (non-hydrogen) atoms. The summed E-state index contributed by atoms with van der Waals surface area (Å²) in [6.07, 6.45) is 1.08. The highest BCUT2D eigenvalue weighted by Gasteiger charge is 2.18. The van der Waals surface area contributed by atoms with Crippen LogP contribution in [0.1, 0.15) is 33.6 Å². The summed E-state index contributed by atoms with van der Waals surface area (Å²) in [7, 11) is 1.67. The van der Waals surface area contributed by atoms with Gasteiger partial charge in [0.15, 0.2) is 0 Å². The largest absolute Gasteiger partial charge is 0.481 e. The van der Waals surface area contributed by atoms with E-state index in [1.807, 2.05) is 6.92 Å². The minimum absolute atomic E-state index is 0.151. The Morgan fingerprint density at radius 3 is 2.35 bits per heavy atom. The van der Waals surface area contributed by atoms with Crippen molar-refractivity contribution >= 4 is 17.9 Å². The van der Waals surface area contributed by atoms with Crippen LogP contribution in [0, 0.1) is 5.92 Å². The topological polar surface area (TPSA) is 98.7 Å². The van der Waals surface area contributed by atoms with Crippen molar-refractivity contribution < 1.29 is 19.5 Å². The highest BCUT2D eigenvalue weighted by Crippen LogP contribution is 2.04. The molecule has 0 radical (unpaired) electrons. The van der Waals surface area contributed by atoms with Gasteiger partial charge in [-0.05, 0) is 26.7 Å². The molecule has 0 bridgehead atoms. The summed E-state index contributed by atoms with van der Waals surface area (Å²) in [4.78, 5) is 35.4. The third-order valence-corrected chi connectivity index (χ3v) is 3.09. The van der Waals surface area contributed by atoms with Gasteiger partial charge in [-0.15, -0.1) is 0 Å². The van der Waals surface area contributed by atoms with Gasteiger partial charge in [0.2, 0.25) is 5.91 Å². The standard InChI is InChI=1S/C13H25N3O4/c1-5-16(4)11(17)10(3)15-13(20)14-8-6-7-9(2)12(18)19/h9-10H,5-8H2,1-4H3,(H,18,19)(H2,14,15,20). The normalized spacial score (nSPS) is 13.2. The van der Waals surface area contributed by atoms with Gasteiger partial charge in [0.05, 0.1) is 5.92 Å². The van der Waals surface area contributed by atoms with Crippen LogP contribution in [0.2, 0.25) is 0 Å². The van der Waals surface area contributed by atoms with Crippen molar-refractivity contribution in [3.05, 3.63) is 0 Å². The number of carbonyl (C=O) groups excluding carboxylic acids is 2. The van der Waals surface area contributed by atoms with Gasteiger partial charge in [-0.1, -0.05) is 6.92 Å². The number of amides is 3. The Kier molecular flexibility index (Phi) is 8.35. The molecule has 0 aromatic carbocycles. The first-order valence-electron chi connectivity index (χ1n) is 6.81. The number of carboxylic acid groups (broad SMARTS) is 1. The van der Waals surface area contributed by atoms with Gasteiger partial charge in [-0.3, -0.25) is 9.59 Å². The first-order chi connectivity index (χ1) is 9.29. The van der Waals surface area contributed by atoms with Gasteiger partial charge < -0.3 is 20.6 Å². The molecule has 7 nitrogen and oxygen atoms in total. The van der Waals surface area contributed by atoms with E-state index in [1.165, 1.54) is 4.90 Å². The predicted molar refractivity (Wildman–Crippen MR) is 75.3 cm³/mol. The van der Waals surface area contributed by atoms with Gasteiger partial charge in [0.1, 0.15) is 6.04 Å². The lowest BCUT2D eigenvalue weighted by Crippen LogP contribution is -2.49. The number of carboxylic acids is 1. The van der Waals surface area contributed by atoms with E-state index in [-0.39, 0.29) is 5.91 Å². The van der Waals surface area contributed by atoms with Gasteiger partial charge in [-0.25, -0.2) is 4.79 Å². The van der Waals surface area contributed by atoms with Crippen molar-refractivity contribution in [2.75, 3.05) is 20.1 Å². The molecule has 0 fully saturated rings. The molecule has 0 aromatic rings. The summed E-state index contributed by atoms with van der Waals surface area (Å²) < 4.78 is 0. The van der Waals surface area contributed by atoms with Gasteiger partial charge in [0, 0.05) is 20.1 Å². The van der Waals surface area contributed by atoms with Crippen molar-refractivity contribution in [2.45, 2.75) is 39.7 Å². The number of carbonyl (C=O) groups is 3. The molecule has 0 aliphatic heterocycles. The zero-order chi connectivity index (χ0) is 15.7. The summed E-state index contributed by atoms with van der Waals surface area (Å²) in [6, 6.07) is -1.00. The Morgan fingerprint density at radius 1 is 1.25 bits per heavy atom. The lowest BCUT2D eigenvalue weighted by atomic mass is 10.1. The maximum Gasteiger partial charge on any atom is 0.315 e. The molecule has 7 heteroatoms. The Hall–Kier alpha value is -1.79. The third-order valence-electron chi connectivity index (χ3n) is 3.09. The summed E-state index contributed by atoms with van der Waals surface area (Å²) in [5, 5.41) is 13.9. The number of hydrogen-bond donors (Lipinski definition) is 3. The van der Waals surface area contributed by atoms with E-state index in [9.17, 15) is 14.4 Å². The van der Waals surface area contributed by atoms with Crippen LogP contribution in [0.25, 0.3) is 0 Å². The van der Waals surface area contributed by atoms with Crippen molar-refractivity contribution in [3.8, 4) is 0 Å². The number of urea groups is 1. The van der Waals surface area contributed by atoms with E-state index in [4.69, 9.17) is 5.11 Å². The van der Waals surface area contributed by atoms with E-state index in [0.29, 0.717) is 25.9 Å². The van der Waals surface area contributed by atoms with Gasteiger partial charge in [0.25, 0.3) is 0 Å². The Bertz CT molecular complexity index is 347. The van der Waals surface area contributed by atoms with E-state index < -0.39 is 24.0 Å². The van der Waals surface area contributed by atoms with Crippen molar-refractivity contribution in [1.29, 1.82) is 0 Å². The number of nitrogens with one attached hydrogen (secondary N) is 2. The fraction of sp³-hybridized carbons (Fsp3) is 0.769. The molecule has 0 rings (SSSR count). The second kappa shape index (κ2) is 9.17. The number of aliphatic carboxylic acids is 1. The summed E-state index contributed by atoms with van der Waals surface area (Å²) in [5.41, 5.74) is 0. The zero-order valence-corrected chi connectivity index (χ0v) is 12.6. The smallest absolute Gasteiger partial charge is 0.315 e. The van der Waals surface area contributed by atoms with Crippen LogP contribution in [-0.4, -0.2) is 54.1 Å². The average Bonchev–Trinajstić information content (AvgIpc) is 2.41. The molecular weight excluding hydrogens is 262 g/mol. The maximum atomic E-state index is 11.7. The Balaban J connectivity index is 3.89. The Morgan fingerprint density at radius 2 is 1.85 bits per heavy atom. The molecule has 0 aliphatic rings. The van der Waals surface area contributed by atoms with E-state index in [1.54, 1.807) is 20.9 Å². The van der Waals surface area contributed by atoms with Crippen molar-refractivity contribution in [3.63, 3.8) is 0 Å². The molecule has 0 saturated heterocycles. The minimum Gasteiger partial charge on any atom is -0.481 e. The fourth-order valence-corrected chi connectivity index (χ4v) is 1.53. The molecular formula is C13H25N3O4. The second-order valence-corrected chi connectivity index (χ2v) is 4.86. The average molecular weight is 287 g/mol. The van der Waals surface area contributed by atoms with Crippen molar-refractivity contribution in [1.82, 2.24) is 15.5 Å². The van der Waals surface area contributed by atoms with Crippen LogP contribution in [0.4, 0.5) is 4.79 Å². The lowest BCUT2D eigenvalue weighted by Gasteiger charge is -2.20. The highest BCUT2D eigenvalue weighted by molar-refractivity contribution is 5.86. The second-order valence-electron chi connectivity index (χ2n) is 4.86. The summed E-state index contributed by atoms with van der Waals surface area (Å²) in [6.45, 7) is 6.08. The molecule has 3 amide bonds. The van der Waals surface area contributed by atoms with Gasteiger partial charge in [-0.2, -0.15) is 0 Å². The van der Waals surface area contributed by atoms with E-state index in [2.05, 4.69) is 10.6 Å². The Labute approximate surface area is 119 Å². The molecule has 2 atom stereocenters. The minimum atomic E-state index is -0.837. The fourth-order valence-electron chi connectivity index (χ4n) is 1.53. The first-order valence-corrected chi connectivity index (χ1v) is 6.81. The van der Waals surface area contributed by atoms with Crippen LogP contribution in [0.3, 0.4) is 0 Å². The van der Waals surface area contributed by atoms with Gasteiger partial charge >= 0.3 is 12.0 Å². The molecule has 0 aromatic heterocycles. The molecule has 0 spiro atoms. The number of likely N-dealkylation sites (N-methyl/N-ethyl adjacent to an activating group) is 1. The van der Waals surface area contributed by atoms with Crippen LogP contribution in [0.5, 0.6) is 0 Å². The third kappa shape index (κ3) is 6.96. The first kappa shape index (κ1) is 18.2. The number of rotatable bonds is 8. The van der Waals surface area contributed by atoms with E-state index >= 15 is 0 Å².